The van der Waals surface area contributed by atoms with Gasteiger partial charge in [-0.05, 0) is 31.9 Å². The van der Waals surface area contributed by atoms with Crippen LogP contribution in [0.3, 0.4) is 0 Å². The molecule has 2 rings (SSSR count). The van der Waals surface area contributed by atoms with Crippen LogP contribution >= 0.6 is 0 Å². The van der Waals surface area contributed by atoms with Crippen LogP contribution in [0.1, 0.15) is 38.2 Å². The second-order valence-electron chi connectivity index (χ2n) is 4.95. The summed E-state index contributed by atoms with van der Waals surface area (Å²) >= 11 is 0. The van der Waals surface area contributed by atoms with Gasteiger partial charge in [-0.1, -0.05) is 37.5 Å². The molecular weight excluding hydrogens is 347 g/mol. The fraction of sp³-hybridized carbons (Fsp3) is 0.438. The van der Waals surface area contributed by atoms with E-state index in [9.17, 15) is 0 Å². The lowest BCUT2D eigenvalue weighted by Crippen LogP contribution is -3.00. The summed E-state index contributed by atoms with van der Waals surface area (Å²) in [7, 11) is 0. The number of aryl methyl sites for hydroxylation is 2. The summed E-state index contributed by atoms with van der Waals surface area (Å²) < 4.78 is 4.45. The Kier molecular flexibility index (Phi) is 7.13. The van der Waals surface area contributed by atoms with E-state index >= 15 is 0 Å². The van der Waals surface area contributed by atoms with E-state index in [0.717, 1.165) is 6.54 Å². The Morgan fingerprint density at radius 1 is 1.05 bits per heavy atom. The predicted octanol–water partition coefficient (Wildman–Crippen LogP) is 0.658. The zero-order chi connectivity index (χ0) is 12.8. The monoisotopic (exact) mass is 370 g/mol. The van der Waals surface area contributed by atoms with Gasteiger partial charge in [-0.3, -0.25) is 0 Å². The smallest absolute Gasteiger partial charge is 0.248 e. The first-order valence-electron chi connectivity index (χ1n) is 6.93. The molecule has 0 aliphatic rings. The molecule has 0 atom stereocenters. The maximum atomic E-state index is 2.27. The van der Waals surface area contributed by atoms with Crippen molar-refractivity contribution in [1.29, 1.82) is 0 Å². The highest BCUT2D eigenvalue weighted by atomic mass is 127. The van der Waals surface area contributed by atoms with Crippen LogP contribution in [0.25, 0.3) is 5.69 Å². The fourth-order valence-electron chi connectivity index (χ4n) is 2.12. The standard InChI is InChI=1S/C16H23N2.HI/c1-3-4-5-6-11-17-12-13-18(14-17)16-9-7-15(2)8-10-16;/h7-10,12-14H,3-6,11H2,1-2H3;1H/q+1;/p-1. The van der Waals surface area contributed by atoms with E-state index in [2.05, 4.69) is 66.0 Å². The van der Waals surface area contributed by atoms with Crippen LogP contribution in [0.4, 0.5) is 0 Å². The van der Waals surface area contributed by atoms with Crippen molar-refractivity contribution in [2.24, 2.45) is 0 Å². The van der Waals surface area contributed by atoms with Gasteiger partial charge in [0.05, 0.1) is 6.54 Å². The molecule has 0 aliphatic heterocycles. The molecule has 1 aromatic heterocycles. The highest BCUT2D eigenvalue weighted by Crippen LogP contribution is 2.04. The van der Waals surface area contributed by atoms with E-state index in [1.54, 1.807) is 0 Å². The molecule has 0 spiro atoms. The van der Waals surface area contributed by atoms with Crippen molar-refractivity contribution in [2.75, 3.05) is 0 Å². The van der Waals surface area contributed by atoms with Crippen molar-refractivity contribution in [3.63, 3.8) is 0 Å². The van der Waals surface area contributed by atoms with Gasteiger partial charge in [-0.25, -0.2) is 9.13 Å². The lowest BCUT2D eigenvalue weighted by molar-refractivity contribution is -0.595. The first-order chi connectivity index (χ1) is 8.79. The molecule has 2 aromatic rings. The first-order valence-corrected chi connectivity index (χ1v) is 6.93. The second kappa shape index (κ2) is 8.35. The number of hydrogen-bond donors (Lipinski definition) is 0. The van der Waals surface area contributed by atoms with E-state index in [4.69, 9.17) is 0 Å². The van der Waals surface area contributed by atoms with Crippen molar-refractivity contribution >= 4 is 0 Å². The van der Waals surface area contributed by atoms with Crippen molar-refractivity contribution < 1.29 is 28.5 Å². The number of aromatic nitrogens is 2. The molecule has 0 fully saturated rings. The van der Waals surface area contributed by atoms with Crippen molar-refractivity contribution in [3.05, 3.63) is 48.5 Å². The predicted molar refractivity (Wildman–Crippen MR) is 74.8 cm³/mol. The van der Waals surface area contributed by atoms with E-state index in [1.165, 1.54) is 36.9 Å². The Hall–Kier alpha value is -0.840. The second-order valence-corrected chi connectivity index (χ2v) is 4.95. The maximum absolute atomic E-state index is 2.27. The summed E-state index contributed by atoms with van der Waals surface area (Å²) in [5.41, 5.74) is 2.53. The van der Waals surface area contributed by atoms with Gasteiger partial charge in [0.15, 0.2) is 0 Å². The number of benzene rings is 1. The van der Waals surface area contributed by atoms with Crippen LogP contribution in [0.2, 0.25) is 0 Å². The minimum Gasteiger partial charge on any atom is -1.00 e. The molecule has 0 saturated heterocycles. The van der Waals surface area contributed by atoms with Crippen LogP contribution in [0, 0.1) is 6.92 Å². The highest BCUT2D eigenvalue weighted by Gasteiger charge is 2.05. The minimum absolute atomic E-state index is 0. The van der Waals surface area contributed by atoms with Crippen molar-refractivity contribution in [2.45, 2.75) is 46.1 Å². The molecule has 0 N–H and O–H groups in total. The summed E-state index contributed by atoms with van der Waals surface area (Å²) in [6.45, 7) is 5.49. The lowest BCUT2D eigenvalue weighted by atomic mass is 10.2. The van der Waals surface area contributed by atoms with Crippen molar-refractivity contribution in [3.8, 4) is 5.69 Å². The Morgan fingerprint density at radius 3 is 2.47 bits per heavy atom. The molecular formula is C16H23IN2. The Labute approximate surface area is 133 Å². The van der Waals surface area contributed by atoms with Gasteiger partial charge >= 0.3 is 0 Å². The summed E-state index contributed by atoms with van der Waals surface area (Å²) in [5.74, 6) is 0. The van der Waals surface area contributed by atoms with Gasteiger partial charge in [-0.15, -0.1) is 0 Å². The van der Waals surface area contributed by atoms with E-state index in [0.29, 0.717) is 0 Å². The summed E-state index contributed by atoms with van der Waals surface area (Å²) in [4.78, 5) is 0. The molecule has 0 amide bonds. The zero-order valence-electron chi connectivity index (χ0n) is 11.8. The third kappa shape index (κ3) is 4.97. The van der Waals surface area contributed by atoms with Crippen LogP contribution in [0.15, 0.2) is 43.0 Å². The van der Waals surface area contributed by atoms with Gasteiger partial charge in [-0.2, -0.15) is 0 Å². The number of hydrogen-bond acceptors (Lipinski definition) is 0. The van der Waals surface area contributed by atoms with E-state index in [1.807, 2.05) is 0 Å². The summed E-state index contributed by atoms with van der Waals surface area (Å²) in [6, 6.07) is 8.63. The zero-order valence-corrected chi connectivity index (χ0v) is 14.0. The molecule has 2 nitrogen and oxygen atoms in total. The fourth-order valence-corrected chi connectivity index (χ4v) is 2.12. The highest BCUT2D eigenvalue weighted by molar-refractivity contribution is 5.26. The summed E-state index contributed by atoms with van der Waals surface area (Å²) in [5, 5.41) is 0. The third-order valence-corrected chi connectivity index (χ3v) is 3.29. The quantitative estimate of drug-likeness (QED) is 0.401. The van der Waals surface area contributed by atoms with Crippen LogP contribution in [0.5, 0.6) is 0 Å². The number of halogens is 1. The third-order valence-electron chi connectivity index (χ3n) is 3.29. The molecule has 0 radical (unpaired) electrons. The number of rotatable bonds is 6. The maximum Gasteiger partial charge on any atom is 0.248 e. The van der Waals surface area contributed by atoms with Crippen molar-refractivity contribution in [1.82, 2.24) is 4.57 Å². The molecule has 0 bridgehead atoms. The number of imidazole rings is 1. The molecule has 0 saturated carbocycles. The number of nitrogens with zero attached hydrogens (tertiary/aromatic N) is 2. The molecule has 104 valence electrons. The minimum atomic E-state index is 0. The normalized spacial score (nSPS) is 10.2. The topological polar surface area (TPSA) is 8.81 Å². The van der Waals surface area contributed by atoms with Crippen LogP contribution < -0.4 is 28.5 Å². The molecule has 1 heterocycles. The Balaban J connectivity index is 0.00000180. The van der Waals surface area contributed by atoms with Gasteiger partial charge in [0.1, 0.15) is 18.1 Å². The molecule has 0 unspecified atom stereocenters. The average molecular weight is 370 g/mol. The Bertz CT molecular complexity index is 474. The van der Waals surface area contributed by atoms with E-state index < -0.39 is 0 Å². The molecule has 0 aliphatic carbocycles. The van der Waals surface area contributed by atoms with Gasteiger partial charge < -0.3 is 24.0 Å². The summed E-state index contributed by atoms with van der Waals surface area (Å²) in [6.07, 6.45) is 11.7. The van der Waals surface area contributed by atoms with Gasteiger partial charge in [0.25, 0.3) is 0 Å². The van der Waals surface area contributed by atoms with Gasteiger partial charge in [0.2, 0.25) is 6.33 Å². The van der Waals surface area contributed by atoms with Gasteiger partial charge in [0, 0.05) is 0 Å². The SMILES string of the molecule is CCCCCCn1cc[n+](-c2ccc(C)cc2)c1.[I-]. The molecule has 3 heteroatoms. The largest absolute Gasteiger partial charge is 1.00 e. The van der Waals surface area contributed by atoms with Crippen LogP contribution in [-0.2, 0) is 6.54 Å². The first kappa shape index (κ1) is 16.2. The molecule has 19 heavy (non-hydrogen) atoms. The number of unbranched alkanes of at least 4 members (excludes halogenated alkanes) is 3. The van der Waals surface area contributed by atoms with Crippen LogP contribution in [-0.4, -0.2) is 4.57 Å². The lowest BCUT2D eigenvalue weighted by Gasteiger charge is -1.97. The van der Waals surface area contributed by atoms with E-state index in [-0.39, 0.29) is 24.0 Å². The molecule has 1 aromatic carbocycles. The average Bonchev–Trinajstić information content (AvgIpc) is 2.84. The Morgan fingerprint density at radius 2 is 1.79 bits per heavy atom.